The first-order valence-electron chi connectivity index (χ1n) is 7.75. The fraction of sp³-hybridized carbons (Fsp3) is 0.111. The summed E-state index contributed by atoms with van der Waals surface area (Å²) in [5, 5.41) is 1.48. The van der Waals surface area contributed by atoms with Crippen molar-refractivity contribution in [2.45, 2.75) is 22.1 Å². The molecule has 1 aliphatic heterocycles. The van der Waals surface area contributed by atoms with Gasteiger partial charge in [0.05, 0.1) is 20.9 Å². The second kappa shape index (κ2) is 6.07. The van der Waals surface area contributed by atoms with Crippen LogP contribution in [0.5, 0.6) is 0 Å². The summed E-state index contributed by atoms with van der Waals surface area (Å²) in [4.78, 5) is 3.38. The lowest BCUT2D eigenvalue weighted by Crippen LogP contribution is -2.03. The minimum Gasteiger partial charge on any atom is -0.166 e. The lowest BCUT2D eigenvalue weighted by Gasteiger charge is -2.11. The number of benzene rings is 2. The summed E-state index contributed by atoms with van der Waals surface area (Å²) in [7, 11) is 2.88. The molecular formula is C18H6F6S4. The fourth-order valence-corrected chi connectivity index (χ4v) is 9.13. The molecule has 0 fully saturated rings. The SMILES string of the molecule is FC(F)(F)c1ccc2c3c(sc2c1)-c1sc2cc(C(F)(F)F)ccc2c1SS3. The Morgan fingerprint density at radius 3 is 1.32 bits per heavy atom. The van der Waals surface area contributed by atoms with Crippen LogP contribution in [-0.2, 0) is 12.4 Å². The van der Waals surface area contributed by atoms with E-state index in [2.05, 4.69) is 0 Å². The van der Waals surface area contributed by atoms with Crippen LogP contribution in [-0.4, -0.2) is 0 Å². The van der Waals surface area contributed by atoms with Crippen LogP contribution in [0.1, 0.15) is 11.1 Å². The molecule has 0 bridgehead atoms. The molecule has 0 amide bonds. The third-order valence-corrected chi connectivity index (χ3v) is 9.60. The molecule has 0 spiro atoms. The monoisotopic (exact) mass is 464 g/mol. The quantitative estimate of drug-likeness (QED) is 0.188. The second-order valence-corrected chi connectivity index (χ2v) is 10.4. The molecule has 0 N–H and O–H groups in total. The lowest BCUT2D eigenvalue weighted by molar-refractivity contribution is -0.138. The number of hydrogen-bond donors (Lipinski definition) is 0. The number of hydrogen-bond acceptors (Lipinski definition) is 4. The van der Waals surface area contributed by atoms with E-state index in [4.69, 9.17) is 0 Å². The van der Waals surface area contributed by atoms with Crippen molar-refractivity contribution in [3.05, 3.63) is 47.5 Å². The van der Waals surface area contributed by atoms with Gasteiger partial charge in [-0.1, -0.05) is 33.7 Å². The molecule has 0 radical (unpaired) electrons. The second-order valence-electron chi connectivity index (χ2n) is 6.10. The van der Waals surface area contributed by atoms with E-state index in [0.717, 1.165) is 54.6 Å². The van der Waals surface area contributed by atoms with E-state index in [0.29, 0.717) is 9.40 Å². The Hall–Kier alpha value is -1.36. The summed E-state index contributed by atoms with van der Waals surface area (Å²) in [6.45, 7) is 0. The van der Waals surface area contributed by atoms with Crippen molar-refractivity contribution < 1.29 is 26.3 Å². The van der Waals surface area contributed by atoms with Gasteiger partial charge in [0, 0.05) is 30.0 Å². The standard InChI is InChI=1S/C18H6F6S4/c19-17(20,21)7-1-3-9-11(5-7)25-15-13(9)27-28-14-10-4-2-8(18(22,23)24)6-12(10)26-16(14)15/h1-6H. The molecule has 4 aromatic rings. The fourth-order valence-electron chi connectivity index (χ4n) is 3.05. The van der Waals surface area contributed by atoms with Crippen molar-refractivity contribution in [3.8, 4) is 9.75 Å². The van der Waals surface area contributed by atoms with Gasteiger partial charge in [-0.05, 0) is 24.3 Å². The zero-order chi connectivity index (χ0) is 19.8. The Balaban J connectivity index is 1.71. The van der Waals surface area contributed by atoms with Gasteiger partial charge in [-0.15, -0.1) is 22.7 Å². The third kappa shape index (κ3) is 2.84. The van der Waals surface area contributed by atoms with Crippen LogP contribution in [0.4, 0.5) is 26.3 Å². The molecule has 2 aromatic carbocycles. The van der Waals surface area contributed by atoms with Crippen LogP contribution in [0.3, 0.4) is 0 Å². The molecule has 0 nitrogen and oxygen atoms in total. The molecule has 1 aliphatic rings. The van der Waals surface area contributed by atoms with Gasteiger partial charge in [0.25, 0.3) is 0 Å². The topological polar surface area (TPSA) is 0 Å². The van der Waals surface area contributed by atoms with E-state index in [1.807, 2.05) is 0 Å². The Morgan fingerprint density at radius 1 is 0.571 bits per heavy atom. The number of alkyl halides is 6. The number of thiophene rings is 2. The maximum atomic E-state index is 13.0. The van der Waals surface area contributed by atoms with Gasteiger partial charge in [-0.2, -0.15) is 26.3 Å². The van der Waals surface area contributed by atoms with E-state index in [1.54, 1.807) is 0 Å². The summed E-state index contributed by atoms with van der Waals surface area (Å²) in [5.74, 6) is 0. The molecule has 28 heavy (non-hydrogen) atoms. The molecule has 3 heterocycles. The first-order chi connectivity index (χ1) is 13.1. The molecule has 10 heteroatoms. The molecule has 0 aliphatic carbocycles. The van der Waals surface area contributed by atoms with Crippen molar-refractivity contribution >= 4 is 64.4 Å². The zero-order valence-electron chi connectivity index (χ0n) is 13.4. The van der Waals surface area contributed by atoms with Crippen molar-refractivity contribution in [2.24, 2.45) is 0 Å². The minimum atomic E-state index is -4.42. The Kier molecular flexibility index (Phi) is 4.04. The number of rotatable bonds is 0. The molecular weight excluding hydrogens is 458 g/mol. The third-order valence-electron chi connectivity index (χ3n) is 4.36. The van der Waals surface area contributed by atoms with Crippen molar-refractivity contribution in [2.75, 3.05) is 0 Å². The van der Waals surface area contributed by atoms with Crippen LogP contribution in [0.2, 0.25) is 0 Å². The normalized spacial score (nSPS) is 14.5. The van der Waals surface area contributed by atoms with Crippen molar-refractivity contribution in [1.82, 2.24) is 0 Å². The highest BCUT2D eigenvalue weighted by Crippen LogP contribution is 2.61. The molecule has 5 rings (SSSR count). The van der Waals surface area contributed by atoms with E-state index < -0.39 is 23.5 Å². The van der Waals surface area contributed by atoms with Gasteiger partial charge < -0.3 is 0 Å². The summed E-state index contributed by atoms with van der Waals surface area (Å²) < 4.78 is 79.1. The van der Waals surface area contributed by atoms with Crippen molar-refractivity contribution in [3.63, 3.8) is 0 Å². The first-order valence-corrected chi connectivity index (χ1v) is 11.5. The number of halogens is 6. The summed E-state index contributed by atoms with van der Waals surface area (Å²) in [6.07, 6.45) is -8.84. The van der Waals surface area contributed by atoms with E-state index in [9.17, 15) is 26.3 Å². The van der Waals surface area contributed by atoms with E-state index in [-0.39, 0.29) is 0 Å². The van der Waals surface area contributed by atoms with Gasteiger partial charge >= 0.3 is 12.4 Å². The van der Waals surface area contributed by atoms with Crippen LogP contribution >= 0.6 is 44.3 Å². The first kappa shape index (κ1) is 18.7. The molecule has 0 saturated carbocycles. The van der Waals surface area contributed by atoms with Gasteiger partial charge in [0.15, 0.2) is 0 Å². The average molecular weight is 465 g/mol. The summed E-state index contributed by atoms with van der Waals surface area (Å²) >= 11 is 2.50. The van der Waals surface area contributed by atoms with Gasteiger partial charge in [-0.3, -0.25) is 0 Å². The average Bonchev–Trinajstić information content (AvgIpc) is 3.16. The molecule has 0 unspecified atom stereocenters. The Bertz CT molecular complexity index is 1150. The summed E-state index contributed by atoms with van der Waals surface area (Å²) in [5.41, 5.74) is -1.41. The van der Waals surface area contributed by atoms with E-state index in [1.165, 1.54) is 56.4 Å². The largest absolute Gasteiger partial charge is 0.416 e. The number of fused-ring (bicyclic) bond motifs is 7. The van der Waals surface area contributed by atoms with Gasteiger partial charge in [0.2, 0.25) is 0 Å². The smallest absolute Gasteiger partial charge is 0.166 e. The van der Waals surface area contributed by atoms with Gasteiger partial charge in [-0.25, -0.2) is 0 Å². The van der Waals surface area contributed by atoms with Crippen LogP contribution in [0, 0.1) is 0 Å². The molecule has 144 valence electrons. The maximum absolute atomic E-state index is 13.0. The molecule has 2 aromatic heterocycles. The lowest BCUT2D eigenvalue weighted by atomic mass is 10.1. The Morgan fingerprint density at radius 2 is 0.964 bits per heavy atom. The predicted octanol–water partition coefficient (Wildman–Crippen LogP) is 8.93. The Labute approximate surface area is 169 Å². The zero-order valence-corrected chi connectivity index (χ0v) is 16.6. The van der Waals surface area contributed by atoms with Gasteiger partial charge in [0.1, 0.15) is 0 Å². The van der Waals surface area contributed by atoms with Crippen LogP contribution in [0.25, 0.3) is 29.9 Å². The highest BCUT2D eigenvalue weighted by atomic mass is 33.1. The summed E-state index contributed by atoms with van der Waals surface area (Å²) in [6, 6.07) is 7.35. The molecule has 0 saturated heterocycles. The van der Waals surface area contributed by atoms with Crippen LogP contribution in [0.15, 0.2) is 46.2 Å². The maximum Gasteiger partial charge on any atom is 0.416 e. The van der Waals surface area contributed by atoms with E-state index >= 15 is 0 Å². The highest BCUT2D eigenvalue weighted by molar-refractivity contribution is 8.77. The van der Waals surface area contributed by atoms with Crippen LogP contribution < -0.4 is 0 Å². The predicted molar refractivity (Wildman–Crippen MR) is 104 cm³/mol. The molecule has 0 atom stereocenters. The minimum absolute atomic E-state index is 0.522. The highest BCUT2D eigenvalue weighted by Gasteiger charge is 2.34. The van der Waals surface area contributed by atoms with Crippen molar-refractivity contribution in [1.29, 1.82) is 0 Å².